The minimum absolute atomic E-state index is 0.675. The summed E-state index contributed by atoms with van der Waals surface area (Å²) >= 11 is 0. The molecule has 1 saturated carbocycles. The molecule has 0 saturated heterocycles. The molecule has 0 bridgehead atoms. The Morgan fingerprint density at radius 1 is 1.39 bits per heavy atom. The summed E-state index contributed by atoms with van der Waals surface area (Å²) in [5.74, 6) is -0.0549. The van der Waals surface area contributed by atoms with Gasteiger partial charge >= 0.3 is 5.97 Å². The monoisotopic (exact) mass is 245 g/mol. The van der Waals surface area contributed by atoms with Gasteiger partial charge in [-0.15, -0.1) is 0 Å². The topological polar surface area (TPSA) is 49.3 Å². The number of aliphatic carboxylic acids is 1. The first-order valence-electron chi connectivity index (χ1n) is 6.79. The van der Waals surface area contributed by atoms with E-state index in [1.165, 1.54) is 24.8 Å². The Balaban J connectivity index is 1.86. The van der Waals surface area contributed by atoms with Gasteiger partial charge in [-0.25, -0.2) is 4.79 Å². The van der Waals surface area contributed by atoms with Crippen LogP contribution in [0.5, 0.6) is 0 Å². The zero-order valence-corrected chi connectivity index (χ0v) is 10.5. The van der Waals surface area contributed by atoms with Gasteiger partial charge in [-0.3, -0.25) is 5.32 Å². The fourth-order valence-electron chi connectivity index (χ4n) is 3.11. The van der Waals surface area contributed by atoms with Gasteiger partial charge in [0.1, 0.15) is 5.54 Å². The highest BCUT2D eigenvalue weighted by atomic mass is 16.4. The van der Waals surface area contributed by atoms with Crippen LogP contribution >= 0.6 is 0 Å². The predicted octanol–water partition coefficient (Wildman–Crippen LogP) is 2.30. The van der Waals surface area contributed by atoms with Gasteiger partial charge in [0.2, 0.25) is 0 Å². The lowest BCUT2D eigenvalue weighted by atomic mass is 9.83. The Hall–Kier alpha value is -1.35. The van der Waals surface area contributed by atoms with Crippen LogP contribution in [0, 0.1) is 5.92 Å². The molecule has 0 amide bonds. The zero-order valence-electron chi connectivity index (χ0n) is 10.5. The minimum Gasteiger partial charge on any atom is -0.480 e. The number of carbonyl (C=O) groups is 1. The fourth-order valence-corrected chi connectivity index (χ4v) is 3.11. The SMILES string of the molecule is O=C(O)C1(NCC2CCC2)CCc2ccccc21. The van der Waals surface area contributed by atoms with Gasteiger partial charge in [0.15, 0.2) is 0 Å². The number of carboxylic acids is 1. The number of hydrogen-bond acceptors (Lipinski definition) is 2. The average molecular weight is 245 g/mol. The molecule has 0 radical (unpaired) electrons. The number of fused-ring (bicyclic) bond motifs is 1. The number of hydrogen-bond donors (Lipinski definition) is 2. The first kappa shape index (κ1) is 11.7. The van der Waals surface area contributed by atoms with Crippen molar-refractivity contribution in [3.05, 3.63) is 35.4 Å². The molecule has 0 aliphatic heterocycles. The third-order valence-electron chi connectivity index (χ3n) is 4.53. The first-order valence-corrected chi connectivity index (χ1v) is 6.79. The average Bonchev–Trinajstić information content (AvgIpc) is 2.68. The Bertz CT molecular complexity index is 467. The van der Waals surface area contributed by atoms with Crippen molar-refractivity contribution < 1.29 is 9.90 Å². The van der Waals surface area contributed by atoms with Gasteiger partial charge in [-0.2, -0.15) is 0 Å². The summed E-state index contributed by atoms with van der Waals surface area (Å²) in [6.45, 7) is 0.834. The zero-order chi connectivity index (χ0) is 12.6. The molecular formula is C15H19NO2. The van der Waals surface area contributed by atoms with E-state index in [-0.39, 0.29) is 0 Å². The summed E-state index contributed by atoms with van der Waals surface area (Å²) in [6, 6.07) is 7.94. The van der Waals surface area contributed by atoms with Crippen LogP contribution in [0.2, 0.25) is 0 Å². The molecular weight excluding hydrogens is 226 g/mol. The Morgan fingerprint density at radius 3 is 2.83 bits per heavy atom. The fraction of sp³-hybridized carbons (Fsp3) is 0.533. The lowest BCUT2D eigenvalue weighted by Gasteiger charge is -2.32. The smallest absolute Gasteiger partial charge is 0.328 e. The molecule has 3 heteroatoms. The van der Waals surface area contributed by atoms with E-state index in [1.807, 2.05) is 24.3 Å². The molecule has 96 valence electrons. The van der Waals surface area contributed by atoms with E-state index in [1.54, 1.807) is 0 Å². The van der Waals surface area contributed by atoms with E-state index in [9.17, 15) is 9.90 Å². The summed E-state index contributed by atoms with van der Waals surface area (Å²) < 4.78 is 0. The van der Waals surface area contributed by atoms with Crippen molar-refractivity contribution in [2.45, 2.75) is 37.6 Å². The highest BCUT2D eigenvalue weighted by Gasteiger charge is 2.45. The maximum Gasteiger partial charge on any atom is 0.328 e. The normalized spacial score (nSPS) is 26.7. The van der Waals surface area contributed by atoms with E-state index >= 15 is 0 Å². The predicted molar refractivity (Wildman–Crippen MR) is 69.4 cm³/mol. The first-order chi connectivity index (χ1) is 8.72. The second-order valence-electron chi connectivity index (χ2n) is 5.55. The molecule has 0 aromatic heterocycles. The number of aryl methyl sites for hydroxylation is 1. The molecule has 1 aromatic carbocycles. The van der Waals surface area contributed by atoms with E-state index in [0.29, 0.717) is 12.3 Å². The third kappa shape index (κ3) is 1.74. The lowest BCUT2D eigenvalue weighted by molar-refractivity contribution is -0.145. The van der Waals surface area contributed by atoms with Crippen molar-refractivity contribution in [3.63, 3.8) is 0 Å². The quantitative estimate of drug-likeness (QED) is 0.855. The summed E-state index contributed by atoms with van der Waals surface area (Å²) in [6.07, 6.45) is 5.31. The van der Waals surface area contributed by atoms with Crippen molar-refractivity contribution in [2.24, 2.45) is 5.92 Å². The van der Waals surface area contributed by atoms with Gasteiger partial charge in [-0.05, 0) is 49.3 Å². The molecule has 18 heavy (non-hydrogen) atoms. The van der Waals surface area contributed by atoms with Crippen molar-refractivity contribution in [1.82, 2.24) is 5.32 Å². The largest absolute Gasteiger partial charge is 0.480 e. The Morgan fingerprint density at radius 2 is 2.17 bits per heavy atom. The second kappa shape index (κ2) is 4.39. The number of carboxylic acid groups (broad SMARTS) is 1. The van der Waals surface area contributed by atoms with Crippen LogP contribution in [-0.4, -0.2) is 17.6 Å². The van der Waals surface area contributed by atoms with Gasteiger partial charge in [0.05, 0.1) is 0 Å². The summed E-state index contributed by atoms with van der Waals surface area (Å²) in [5, 5.41) is 13.0. The second-order valence-corrected chi connectivity index (χ2v) is 5.55. The van der Waals surface area contributed by atoms with Gasteiger partial charge in [0.25, 0.3) is 0 Å². The van der Waals surface area contributed by atoms with E-state index in [4.69, 9.17) is 0 Å². The third-order valence-corrected chi connectivity index (χ3v) is 4.53. The van der Waals surface area contributed by atoms with Crippen molar-refractivity contribution >= 4 is 5.97 Å². The molecule has 0 spiro atoms. The van der Waals surface area contributed by atoms with Crippen LogP contribution in [0.15, 0.2) is 24.3 Å². The van der Waals surface area contributed by atoms with Gasteiger partial charge in [-0.1, -0.05) is 30.7 Å². The Kier molecular flexibility index (Phi) is 2.86. The molecule has 3 rings (SSSR count). The molecule has 1 unspecified atom stereocenters. The van der Waals surface area contributed by atoms with E-state index in [2.05, 4.69) is 5.32 Å². The van der Waals surface area contributed by atoms with Crippen LogP contribution < -0.4 is 5.32 Å². The molecule has 3 nitrogen and oxygen atoms in total. The van der Waals surface area contributed by atoms with Crippen LogP contribution in [0.4, 0.5) is 0 Å². The Labute approximate surface area is 107 Å². The maximum atomic E-state index is 11.7. The van der Waals surface area contributed by atoms with Crippen LogP contribution in [0.25, 0.3) is 0 Å². The minimum atomic E-state index is -0.841. The van der Waals surface area contributed by atoms with E-state index < -0.39 is 11.5 Å². The summed E-state index contributed by atoms with van der Waals surface area (Å²) in [7, 11) is 0. The number of nitrogens with one attached hydrogen (secondary N) is 1. The van der Waals surface area contributed by atoms with Crippen LogP contribution in [0.1, 0.15) is 36.8 Å². The number of rotatable bonds is 4. The summed E-state index contributed by atoms with van der Waals surface area (Å²) in [4.78, 5) is 11.7. The number of benzene rings is 1. The van der Waals surface area contributed by atoms with Crippen molar-refractivity contribution in [3.8, 4) is 0 Å². The van der Waals surface area contributed by atoms with E-state index in [0.717, 1.165) is 18.5 Å². The van der Waals surface area contributed by atoms with Crippen molar-refractivity contribution in [2.75, 3.05) is 6.54 Å². The van der Waals surface area contributed by atoms with Crippen molar-refractivity contribution in [1.29, 1.82) is 0 Å². The molecule has 0 heterocycles. The molecule has 1 aromatic rings. The van der Waals surface area contributed by atoms with Gasteiger partial charge in [0, 0.05) is 0 Å². The molecule has 1 fully saturated rings. The molecule has 2 aliphatic carbocycles. The molecule has 2 aliphatic rings. The highest BCUT2D eigenvalue weighted by molar-refractivity contribution is 5.82. The standard InChI is InChI=1S/C15H19NO2/c17-14(18)15(16-10-11-4-3-5-11)9-8-12-6-1-2-7-13(12)15/h1-2,6-7,11,16H,3-5,8-10H2,(H,17,18). The highest BCUT2D eigenvalue weighted by Crippen LogP contribution is 2.38. The molecule has 1 atom stereocenters. The van der Waals surface area contributed by atoms with Gasteiger partial charge < -0.3 is 5.11 Å². The van der Waals surface area contributed by atoms with Crippen LogP contribution in [-0.2, 0) is 16.8 Å². The van der Waals surface area contributed by atoms with Crippen LogP contribution in [0.3, 0.4) is 0 Å². The molecule has 2 N–H and O–H groups in total. The summed E-state index contributed by atoms with van der Waals surface area (Å²) in [5.41, 5.74) is 1.31. The lowest BCUT2D eigenvalue weighted by Crippen LogP contribution is -2.49. The maximum absolute atomic E-state index is 11.7.